The van der Waals surface area contributed by atoms with Gasteiger partial charge in [-0.1, -0.05) is 17.3 Å². The average Bonchev–Trinajstić information content (AvgIpc) is 2.97. The number of aromatic nitrogens is 1. The Balaban J connectivity index is 1.71. The van der Waals surface area contributed by atoms with E-state index in [-0.39, 0.29) is 5.91 Å². The number of thioether (sulfide) groups is 1. The highest BCUT2D eigenvalue weighted by Gasteiger charge is 2.24. The number of nitrogens with zero attached hydrogens (tertiary/aromatic N) is 2. The zero-order valence-electron chi connectivity index (χ0n) is 14.8. The molecule has 1 aliphatic rings. The van der Waals surface area contributed by atoms with E-state index >= 15 is 0 Å². The second-order valence-electron chi connectivity index (χ2n) is 6.56. The Morgan fingerprint density at radius 3 is 2.68 bits per heavy atom. The molecule has 0 saturated carbocycles. The van der Waals surface area contributed by atoms with Crippen LogP contribution in [-0.2, 0) is 5.75 Å². The molecule has 2 aromatic rings. The number of carbonyl (C=O) groups excluding carboxylic acids is 1. The highest BCUT2D eigenvalue weighted by atomic mass is 32.2. The van der Waals surface area contributed by atoms with Gasteiger partial charge in [0.1, 0.15) is 5.76 Å². The Morgan fingerprint density at radius 1 is 1.32 bits per heavy atom. The van der Waals surface area contributed by atoms with Crippen molar-refractivity contribution < 1.29 is 9.32 Å². The first-order valence-electron chi connectivity index (χ1n) is 8.73. The molecule has 0 unspecified atom stereocenters. The highest BCUT2D eigenvalue weighted by Crippen LogP contribution is 2.30. The molecule has 0 radical (unpaired) electrons. The molecule has 1 saturated heterocycles. The lowest BCUT2D eigenvalue weighted by Crippen LogP contribution is -2.40. The van der Waals surface area contributed by atoms with Crippen molar-refractivity contribution in [3.63, 3.8) is 0 Å². The van der Waals surface area contributed by atoms with Crippen LogP contribution < -0.4 is 5.73 Å². The number of amides is 1. The van der Waals surface area contributed by atoms with Gasteiger partial charge in [0, 0.05) is 29.3 Å². The lowest BCUT2D eigenvalue weighted by molar-refractivity contribution is 0.0690. The highest BCUT2D eigenvalue weighted by molar-refractivity contribution is 7.98. The first-order chi connectivity index (χ1) is 12.1. The van der Waals surface area contributed by atoms with Gasteiger partial charge < -0.3 is 15.2 Å². The zero-order chi connectivity index (χ0) is 17.8. The van der Waals surface area contributed by atoms with Crippen molar-refractivity contribution in [2.45, 2.75) is 37.3 Å². The lowest BCUT2D eigenvalue weighted by Gasteiger charge is -2.31. The maximum absolute atomic E-state index is 13.0. The van der Waals surface area contributed by atoms with Crippen LogP contribution in [0.25, 0.3) is 0 Å². The van der Waals surface area contributed by atoms with Gasteiger partial charge in [0.2, 0.25) is 0 Å². The third kappa shape index (κ3) is 4.07. The number of rotatable bonds is 5. The summed E-state index contributed by atoms with van der Waals surface area (Å²) in [5, 5.41) is 4.00. The third-order valence-corrected chi connectivity index (χ3v) is 6.01. The van der Waals surface area contributed by atoms with Gasteiger partial charge in [0.25, 0.3) is 5.91 Å². The van der Waals surface area contributed by atoms with Gasteiger partial charge in [-0.15, -0.1) is 11.8 Å². The van der Waals surface area contributed by atoms with E-state index < -0.39 is 0 Å². The van der Waals surface area contributed by atoms with Crippen molar-refractivity contribution in [2.75, 3.05) is 19.6 Å². The molecule has 2 heterocycles. The van der Waals surface area contributed by atoms with Crippen LogP contribution in [0.1, 0.15) is 40.2 Å². The Labute approximate surface area is 152 Å². The number of hydrogen-bond acceptors (Lipinski definition) is 5. The predicted molar refractivity (Wildman–Crippen MR) is 99.7 cm³/mol. The Kier molecular flexibility index (Phi) is 5.81. The molecule has 134 valence electrons. The van der Waals surface area contributed by atoms with Crippen LogP contribution in [0.2, 0.25) is 0 Å². The van der Waals surface area contributed by atoms with E-state index in [0.29, 0.717) is 12.5 Å². The Bertz CT molecular complexity index is 717. The van der Waals surface area contributed by atoms with Crippen molar-refractivity contribution >= 4 is 17.7 Å². The fourth-order valence-electron chi connectivity index (χ4n) is 3.17. The van der Waals surface area contributed by atoms with Gasteiger partial charge in [0.15, 0.2) is 0 Å². The Hall–Kier alpha value is -1.79. The van der Waals surface area contributed by atoms with E-state index in [1.54, 1.807) is 11.8 Å². The molecule has 1 aromatic carbocycles. The van der Waals surface area contributed by atoms with Crippen LogP contribution in [-0.4, -0.2) is 35.6 Å². The fourth-order valence-corrected chi connectivity index (χ4v) is 4.37. The smallest absolute Gasteiger partial charge is 0.254 e. The fraction of sp³-hybridized carbons (Fsp3) is 0.474. The van der Waals surface area contributed by atoms with Crippen molar-refractivity contribution in [3.05, 3.63) is 46.8 Å². The Morgan fingerprint density at radius 2 is 2.04 bits per heavy atom. The number of likely N-dealkylation sites (tertiary alicyclic amines) is 1. The molecule has 1 amide bonds. The zero-order valence-corrected chi connectivity index (χ0v) is 15.6. The van der Waals surface area contributed by atoms with Gasteiger partial charge in [-0.25, -0.2) is 0 Å². The van der Waals surface area contributed by atoms with Gasteiger partial charge in [0.05, 0.1) is 11.3 Å². The molecule has 5 nitrogen and oxygen atoms in total. The summed E-state index contributed by atoms with van der Waals surface area (Å²) in [6.45, 7) is 6.18. The first kappa shape index (κ1) is 18.0. The minimum Gasteiger partial charge on any atom is -0.361 e. The monoisotopic (exact) mass is 359 g/mol. The molecule has 3 rings (SSSR count). The van der Waals surface area contributed by atoms with Crippen LogP contribution in [0.4, 0.5) is 0 Å². The second-order valence-corrected chi connectivity index (χ2v) is 7.58. The summed E-state index contributed by atoms with van der Waals surface area (Å²) in [7, 11) is 0. The number of benzene rings is 1. The molecule has 6 heteroatoms. The topological polar surface area (TPSA) is 72.4 Å². The maximum atomic E-state index is 13.0. The average molecular weight is 359 g/mol. The maximum Gasteiger partial charge on any atom is 0.254 e. The molecule has 0 spiro atoms. The van der Waals surface area contributed by atoms with E-state index in [0.717, 1.165) is 59.2 Å². The summed E-state index contributed by atoms with van der Waals surface area (Å²) in [6, 6.07) is 7.85. The van der Waals surface area contributed by atoms with Crippen LogP contribution in [0, 0.1) is 19.8 Å². The summed E-state index contributed by atoms with van der Waals surface area (Å²) in [6.07, 6.45) is 1.99. The SMILES string of the molecule is Cc1noc(C)c1CSc1ccccc1C(=O)N1CCC(CN)CC1. The summed E-state index contributed by atoms with van der Waals surface area (Å²) in [4.78, 5) is 15.9. The van der Waals surface area contributed by atoms with Crippen LogP contribution in [0.15, 0.2) is 33.7 Å². The standard InChI is InChI=1S/C19H25N3O2S/c1-13-17(14(2)24-21-13)12-25-18-6-4-3-5-16(18)19(23)22-9-7-15(11-20)8-10-22/h3-6,15H,7-12,20H2,1-2H3. The minimum atomic E-state index is 0.123. The number of aryl methyl sites for hydroxylation is 2. The van der Waals surface area contributed by atoms with E-state index in [4.69, 9.17) is 10.3 Å². The third-order valence-electron chi connectivity index (χ3n) is 4.91. The van der Waals surface area contributed by atoms with Gasteiger partial charge in [-0.2, -0.15) is 0 Å². The second kappa shape index (κ2) is 8.06. The summed E-state index contributed by atoms with van der Waals surface area (Å²) < 4.78 is 5.23. The van der Waals surface area contributed by atoms with Gasteiger partial charge in [-0.05, 0) is 51.3 Å². The molecular weight excluding hydrogens is 334 g/mol. The number of hydrogen-bond donors (Lipinski definition) is 1. The molecule has 0 bridgehead atoms. The van der Waals surface area contributed by atoms with Gasteiger partial charge in [-0.3, -0.25) is 4.79 Å². The van der Waals surface area contributed by atoms with Crippen molar-refractivity contribution in [2.24, 2.45) is 11.7 Å². The quantitative estimate of drug-likeness (QED) is 0.829. The molecule has 1 fully saturated rings. The normalized spacial score (nSPS) is 15.6. The molecule has 2 N–H and O–H groups in total. The number of carbonyl (C=O) groups is 1. The van der Waals surface area contributed by atoms with E-state index in [2.05, 4.69) is 5.16 Å². The van der Waals surface area contributed by atoms with E-state index in [9.17, 15) is 4.79 Å². The lowest BCUT2D eigenvalue weighted by atomic mass is 9.96. The van der Waals surface area contributed by atoms with E-state index in [1.807, 2.05) is 43.0 Å². The van der Waals surface area contributed by atoms with Crippen LogP contribution >= 0.6 is 11.8 Å². The summed E-state index contributed by atoms with van der Waals surface area (Å²) in [5.41, 5.74) is 8.56. The van der Waals surface area contributed by atoms with Crippen molar-refractivity contribution in [3.8, 4) is 0 Å². The van der Waals surface area contributed by atoms with Crippen LogP contribution in [0.5, 0.6) is 0 Å². The molecule has 0 aliphatic carbocycles. The number of nitrogens with two attached hydrogens (primary N) is 1. The minimum absolute atomic E-state index is 0.123. The first-order valence-corrected chi connectivity index (χ1v) is 9.71. The largest absolute Gasteiger partial charge is 0.361 e. The molecular formula is C19H25N3O2S. The van der Waals surface area contributed by atoms with Crippen molar-refractivity contribution in [1.82, 2.24) is 10.1 Å². The summed E-state index contributed by atoms with van der Waals surface area (Å²) in [5.74, 6) is 2.27. The molecule has 0 atom stereocenters. The summed E-state index contributed by atoms with van der Waals surface area (Å²) >= 11 is 1.66. The number of piperidine rings is 1. The molecule has 1 aromatic heterocycles. The predicted octanol–water partition coefficient (Wildman–Crippen LogP) is 3.39. The van der Waals surface area contributed by atoms with Gasteiger partial charge >= 0.3 is 0 Å². The van der Waals surface area contributed by atoms with Crippen molar-refractivity contribution in [1.29, 1.82) is 0 Å². The van der Waals surface area contributed by atoms with E-state index in [1.165, 1.54) is 0 Å². The van der Waals surface area contributed by atoms with Crippen LogP contribution in [0.3, 0.4) is 0 Å². The molecule has 25 heavy (non-hydrogen) atoms. The molecule has 1 aliphatic heterocycles.